The second kappa shape index (κ2) is 13.2. The third-order valence-electron chi connectivity index (χ3n) is 8.21. The van der Waals surface area contributed by atoms with Crippen LogP contribution >= 0.6 is 11.3 Å². The first-order chi connectivity index (χ1) is 20.6. The van der Waals surface area contributed by atoms with Gasteiger partial charge in [0.2, 0.25) is 5.91 Å². The third kappa shape index (κ3) is 7.19. The molecule has 228 valence electrons. The molecule has 1 N–H and O–H groups in total. The summed E-state index contributed by atoms with van der Waals surface area (Å²) in [5.41, 5.74) is 5.10. The highest BCUT2D eigenvalue weighted by Crippen LogP contribution is 2.42. The Kier molecular flexibility index (Phi) is 9.37. The molecule has 1 saturated carbocycles. The number of likely N-dealkylation sites (N-methyl/N-ethyl adjacent to an activating group) is 2. The third-order valence-corrected chi connectivity index (χ3v) is 9.10. The quantitative estimate of drug-likeness (QED) is 0.304. The van der Waals surface area contributed by atoms with Gasteiger partial charge in [-0.25, -0.2) is 0 Å². The maximum atomic E-state index is 13.8. The number of hydrogen-bond acceptors (Lipinski definition) is 7. The summed E-state index contributed by atoms with van der Waals surface area (Å²) in [6.45, 7) is 6.36. The molecule has 1 fully saturated rings. The molecule has 3 aromatic rings. The smallest absolute Gasteiger partial charge is 0.317 e. The molecular weight excluding hydrogens is 564 g/mol. The van der Waals surface area contributed by atoms with Crippen LogP contribution in [0, 0.1) is 13.8 Å². The van der Waals surface area contributed by atoms with Crippen LogP contribution in [0.4, 0.5) is 11.4 Å². The minimum Gasteiger partial charge on any atom is -0.480 e. The van der Waals surface area contributed by atoms with Gasteiger partial charge in [-0.1, -0.05) is 18.2 Å². The summed E-state index contributed by atoms with van der Waals surface area (Å²) in [7, 11) is 3.48. The van der Waals surface area contributed by atoms with E-state index in [-0.39, 0.29) is 18.4 Å². The van der Waals surface area contributed by atoms with Crippen molar-refractivity contribution in [2.75, 3.05) is 56.6 Å². The minimum absolute atomic E-state index is 0.0158. The number of aryl methyl sites for hydroxylation is 3. The number of benzene rings is 2. The highest BCUT2D eigenvalue weighted by molar-refractivity contribution is 7.12. The number of amides is 2. The number of carbonyl (C=O) groups is 3. The minimum atomic E-state index is -0.885. The number of anilines is 2. The SMILES string of the molecule is Cc1cc(Oc2ccsc2C(=O)N2CCN(C3CC3)c3ccccc32)c(C)cc1CCC(=O)N(C)CCN(C)CC(=O)O. The predicted octanol–water partition coefficient (Wildman–Crippen LogP) is 5.19. The molecule has 1 aromatic heterocycles. The number of thiophene rings is 1. The Bertz CT molecular complexity index is 1500. The summed E-state index contributed by atoms with van der Waals surface area (Å²) in [4.78, 5) is 45.6. The number of carbonyl (C=O) groups excluding carboxylic acids is 2. The molecule has 5 rings (SSSR count). The van der Waals surface area contributed by atoms with Crippen LogP contribution in [0.2, 0.25) is 0 Å². The number of fused-ring (bicyclic) bond motifs is 1. The Morgan fingerprint density at radius 2 is 1.72 bits per heavy atom. The number of nitrogens with zero attached hydrogens (tertiary/aromatic N) is 4. The molecule has 0 unspecified atom stereocenters. The molecule has 0 spiro atoms. The maximum Gasteiger partial charge on any atom is 0.317 e. The van der Waals surface area contributed by atoms with Crippen molar-refractivity contribution in [2.45, 2.75) is 45.6 Å². The number of rotatable bonds is 12. The van der Waals surface area contributed by atoms with Gasteiger partial charge in [-0.05, 0) is 86.5 Å². The van der Waals surface area contributed by atoms with E-state index in [1.165, 1.54) is 24.2 Å². The molecule has 2 amide bonds. The van der Waals surface area contributed by atoms with E-state index in [2.05, 4.69) is 17.0 Å². The molecule has 2 aliphatic rings. The van der Waals surface area contributed by atoms with E-state index >= 15 is 0 Å². The average Bonchev–Trinajstić information content (AvgIpc) is 3.72. The molecule has 0 atom stereocenters. The fourth-order valence-electron chi connectivity index (χ4n) is 5.55. The van der Waals surface area contributed by atoms with Crippen molar-refractivity contribution < 1.29 is 24.2 Å². The van der Waals surface area contributed by atoms with Crippen molar-refractivity contribution in [2.24, 2.45) is 0 Å². The first kappa shape index (κ1) is 30.6. The largest absolute Gasteiger partial charge is 0.480 e. The molecule has 9 nitrogen and oxygen atoms in total. The Morgan fingerprint density at radius 1 is 0.977 bits per heavy atom. The molecule has 1 aliphatic heterocycles. The molecule has 0 radical (unpaired) electrons. The van der Waals surface area contributed by atoms with Gasteiger partial charge >= 0.3 is 5.97 Å². The molecule has 0 saturated heterocycles. The number of hydrogen-bond donors (Lipinski definition) is 1. The zero-order valence-electron chi connectivity index (χ0n) is 25.3. The highest BCUT2D eigenvalue weighted by atomic mass is 32.1. The van der Waals surface area contributed by atoms with Crippen molar-refractivity contribution in [3.8, 4) is 11.5 Å². The molecule has 2 heterocycles. The van der Waals surface area contributed by atoms with Crippen molar-refractivity contribution in [3.63, 3.8) is 0 Å². The zero-order chi connectivity index (χ0) is 30.7. The molecule has 10 heteroatoms. The van der Waals surface area contributed by atoms with E-state index in [1.54, 1.807) is 23.9 Å². The number of carboxylic acid groups (broad SMARTS) is 1. The number of carboxylic acids is 1. The van der Waals surface area contributed by atoms with E-state index < -0.39 is 5.97 Å². The maximum absolute atomic E-state index is 13.8. The van der Waals surface area contributed by atoms with Crippen LogP contribution in [-0.4, -0.2) is 85.6 Å². The van der Waals surface area contributed by atoms with Gasteiger partial charge in [-0.15, -0.1) is 11.3 Å². The average molecular weight is 605 g/mol. The van der Waals surface area contributed by atoms with Crippen molar-refractivity contribution >= 4 is 40.5 Å². The summed E-state index contributed by atoms with van der Waals surface area (Å²) >= 11 is 1.40. The summed E-state index contributed by atoms with van der Waals surface area (Å²) in [6, 6.07) is 14.6. The Hall–Kier alpha value is -3.89. The Labute approximate surface area is 257 Å². The number of aliphatic carboxylic acids is 1. The van der Waals surface area contributed by atoms with Crippen LogP contribution in [0.5, 0.6) is 11.5 Å². The molecular formula is C33H40N4O5S. The fourth-order valence-corrected chi connectivity index (χ4v) is 6.32. The molecule has 43 heavy (non-hydrogen) atoms. The molecule has 1 aliphatic carbocycles. The summed E-state index contributed by atoms with van der Waals surface area (Å²) < 4.78 is 6.36. The van der Waals surface area contributed by atoms with E-state index in [0.29, 0.717) is 54.9 Å². The van der Waals surface area contributed by atoms with Crippen LogP contribution in [0.15, 0.2) is 47.8 Å². The lowest BCUT2D eigenvalue weighted by Gasteiger charge is -2.37. The highest BCUT2D eigenvalue weighted by Gasteiger charge is 2.36. The van der Waals surface area contributed by atoms with Crippen LogP contribution in [0.1, 0.15) is 45.6 Å². The second-order valence-corrected chi connectivity index (χ2v) is 12.5. The lowest BCUT2D eigenvalue weighted by atomic mass is 10.00. The van der Waals surface area contributed by atoms with Crippen LogP contribution in [-0.2, 0) is 16.0 Å². The standard InChI is InChI=1S/C33H40N4O5S/c1-22-20-29(23(2)19-24(22)9-12-30(38)35(4)15-14-34(3)21-31(39)40)42-28-13-18-43-32(28)33(41)37-17-16-36(25-10-11-25)26-7-5-6-8-27(26)37/h5-8,13,18-20,25H,9-12,14-17,21H2,1-4H3,(H,39,40). The van der Waals surface area contributed by atoms with Gasteiger partial charge in [-0.2, -0.15) is 0 Å². The summed E-state index contributed by atoms with van der Waals surface area (Å²) in [5, 5.41) is 10.8. The van der Waals surface area contributed by atoms with Crippen LogP contribution in [0.25, 0.3) is 0 Å². The predicted molar refractivity (Wildman–Crippen MR) is 170 cm³/mol. The Morgan fingerprint density at radius 3 is 2.44 bits per heavy atom. The van der Waals surface area contributed by atoms with Crippen LogP contribution < -0.4 is 14.5 Å². The molecule has 0 bridgehead atoms. The van der Waals surface area contributed by atoms with Gasteiger partial charge in [0, 0.05) is 45.7 Å². The summed E-state index contributed by atoms with van der Waals surface area (Å²) in [5.74, 6) is 0.330. The molecule has 2 aromatic carbocycles. The normalized spacial score (nSPS) is 14.5. The van der Waals surface area contributed by atoms with Gasteiger partial charge in [0.1, 0.15) is 10.6 Å². The number of para-hydroxylation sites is 2. The zero-order valence-corrected chi connectivity index (χ0v) is 26.2. The van der Waals surface area contributed by atoms with E-state index in [4.69, 9.17) is 9.84 Å². The van der Waals surface area contributed by atoms with Crippen molar-refractivity contribution in [1.29, 1.82) is 0 Å². The van der Waals surface area contributed by atoms with Gasteiger partial charge in [0.05, 0.1) is 17.9 Å². The lowest BCUT2D eigenvalue weighted by Crippen LogP contribution is -2.44. The fraction of sp³-hybridized carbons (Fsp3) is 0.424. The van der Waals surface area contributed by atoms with Crippen LogP contribution in [0.3, 0.4) is 0 Å². The first-order valence-electron chi connectivity index (χ1n) is 14.8. The van der Waals surface area contributed by atoms with Gasteiger partial charge < -0.3 is 24.5 Å². The van der Waals surface area contributed by atoms with Gasteiger partial charge in [0.25, 0.3) is 5.91 Å². The second-order valence-electron chi connectivity index (χ2n) is 11.6. The topological polar surface area (TPSA) is 93.6 Å². The van der Waals surface area contributed by atoms with Gasteiger partial charge in [0.15, 0.2) is 5.75 Å². The number of ether oxygens (including phenoxy) is 1. The Balaban J connectivity index is 1.23. The lowest BCUT2D eigenvalue weighted by molar-refractivity contribution is -0.138. The van der Waals surface area contributed by atoms with E-state index in [1.807, 2.05) is 54.5 Å². The summed E-state index contributed by atoms with van der Waals surface area (Å²) in [6.07, 6.45) is 3.38. The van der Waals surface area contributed by atoms with Crippen molar-refractivity contribution in [3.05, 3.63) is 69.4 Å². The van der Waals surface area contributed by atoms with E-state index in [0.717, 1.165) is 34.6 Å². The first-order valence-corrected chi connectivity index (χ1v) is 15.7. The van der Waals surface area contributed by atoms with E-state index in [9.17, 15) is 14.4 Å². The van der Waals surface area contributed by atoms with Crippen molar-refractivity contribution in [1.82, 2.24) is 9.80 Å². The monoisotopic (exact) mass is 604 g/mol. The van der Waals surface area contributed by atoms with Gasteiger partial charge in [-0.3, -0.25) is 19.3 Å².